The number of carbonyl (C=O) groups is 1. The smallest absolute Gasteiger partial charge is 0.251 e. The predicted octanol–water partition coefficient (Wildman–Crippen LogP) is 3.11. The van der Waals surface area contributed by atoms with Gasteiger partial charge in [-0.05, 0) is 30.0 Å². The highest BCUT2D eigenvalue weighted by Gasteiger charge is 2.19. The molecule has 1 amide bonds. The van der Waals surface area contributed by atoms with E-state index in [0.717, 1.165) is 10.9 Å². The predicted molar refractivity (Wildman–Crippen MR) is 71.3 cm³/mol. The van der Waals surface area contributed by atoms with Crippen LogP contribution in [-0.4, -0.2) is 17.8 Å². The molecule has 0 saturated heterocycles. The fourth-order valence-corrected chi connectivity index (χ4v) is 1.74. The fourth-order valence-electron chi connectivity index (χ4n) is 1.42. The first kappa shape index (κ1) is 13.2. The molecule has 16 heavy (non-hydrogen) atoms. The van der Waals surface area contributed by atoms with Gasteiger partial charge in [0, 0.05) is 17.4 Å². The summed E-state index contributed by atoms with van der Waals surface area (Å²) in [6.45, 7) is 6.88. The van der Waals surface area contributed by atoms with E-state index < -0.39 is 0 Å². The Morgan fingerprint density at radius 2 is 2.12 bits per heavy atom. The number of hydrogen-bond acceptors (Lipinski definition) is 1. The van der Waals surface area contributed by atoms with Crippen molar-refractivity contribution in [2.75, 3.05) is 11.9 Å². The molecule has 0 aliphatic carbocycles. The molecule has 0 unspecified atom stereocenters. The Morgan fingerprint density at radius 1 is 1.44 bits per heavy atom. The van der Waals surface area contributed by atoms with Crippen LogP contribution in [0.2, 0.25) is 0 Å². The Morgan fingerprint density at radius 3 is 2.69 bits per heavy atom. The zero-order chi connectivity index (χ0) is 12.2. The Hall–Kier alpha value is -0.830. The van der Waals surface area contributed by atoms with Gasteiger partial charge >= 0.3 is 0 Å². The largest absolute Gasteiger partial charge is 0.352 e. The fraction of sp³-hybridized carbons (Fsp3) is 0.462. The van der Waals surface area contributed by atoms with Gasteiger partial charge in [0.25, 0.3) is 5.91 Å². The number of hydrogen-bond donors (Lipinski definition) is 1. The van der Waals surface area contributed by atoms with Crippen LogP contribution >= 0.6 is 15.9 Å². The molecule has 2 nitrogen and oxygen atoms in total. The number of nitrogens with one attached hydrogen (secondary N) is 1. The van der Waals surface area contributed by atoms with Gasteiger partial charge in [-0.1, -0.05) is 41.9 Å². The molecular weight excluding hydrogens is 266 g/mol. The zero-order valence-electron chi connectivity index (χ0n) is 10.0. The summed E-state index contributed by atoms with van der Waals surface area (Å²) >= 11 is 3.50. The molecule has 0 atom stereocenters. The van der Waals surface area contributed by atoms with Crippen molar-refractivity contribution in [2.45, 2.75) is 26.2 Å². The topological polar surface area (TPSA) is 29.1 Å². The number of carbonyl (C=O) groups excluding carboxylic acids is 1. The highest BCUT2D eigenvalue weighted by Crippen LogP contribution is 2.25. The molecular formula is C13H18BrNO. The Bertz CT molecular complexity index is 374. The number of halogens is 1. The lowest BCUT2D eigenvalue weighted by molar-refractivity contribution is 0.0955. The minimum absolute atomic E-state index is 0.00489. The minimum Gasteiger partial charge on any atom is -0.352 e. The van der Waals surface area contributed by atoms with Gasteiger partial charge in [-0.25, -0.2) is 0 Å². The van der Waals surface area contributed by atoms with Crippen LogP contribution in [0.4, 0.5) is 0 Å². The molecule has 0 aliphatic heterocycles. The van der Waals surface area contributed by atoms with Crippen molar-refractivity contribution >= 4 is 21.8 Å². The summed E-state index contributed by atoms with van der Waals surface area (Å²) in [6.07, 6.45) is 0. The van der Waals surface area contributed by atoms with Crippen LogP contribution in [0.25, 0.3) is 0 Å². The summed E-state index contributed by atoms with van der Waals surface area (Å²) in [5.74, 6) is -0.00489. The van der Waals surface area contributed by atoms with Crippen LogP contribution in [-0.2, 0) is 5.41 Å². The first-order valence-electron chi connectivity index (χ1n) is 5.46. The zero-order valence-corrected chi connectivity index (χ0v) is 11.6. The van der Waals surface area contributed by atoms with Crippen LogP contribution in [0.15, 0.2) is 24.3 Å². The van der Waals surface area contributed by atoms with E-state index in [4.69, 9.17) is 0 Å². The number of rotatable bonds is 4. The maximum Gasteiger partial charge on any atom is 0.251 e. The van der Waals surface area contributed by atoms with E-state index in [-0.39, 0.29) is 11.3 Å². The van der Waals surface area contributed by atoms with Crippen molar-refractivity contribution in [2.24, 2.45) is 0 Å². The molecule has 0 aromatic heterocycles. The van der Waals surface area contributed by atoms with Gasteiger partial charge < -0.3 is 5.32 Å². The van der Waals surface area contributed by atoms with Crippen molar-refractivity contribution in [3.05, 3.63) is 35.4 Å². The Labute approximate surface area is 106 Å². The lowest BCUT2D eigenvalue weighted by atomic mass is 9.86. The standard InChI is InChI=1S/C13H18BrNO/c1-4-15-12(16)10-6-5-7-11(8-10)13(2,3)9-14/h5-8H,4,9H2,1-3H3,(H,15,16). The summed E-state index contributed by atoms with van der Waals surface area (Å²) in [4.78, 5) is 11.7. The third kappa shape index (κ3) is 3.08. The summed E-state index contributed by atoms with van der Waals surface area (Å²) in [7, 11) is 0. The number of alkyl halides is 1. The average Bonchev–Trinajstić information content (AvgIpc) is 2.29. The molecule has 1 aromatic carbocycles. The van der Waals surface area contributed by atoms with Crippen LogP contribution < -0.4 is 5.32 Å². The molecule has 1 N–H and O–H groups in total. The van der Waals surface area contributed by atoms with E-state index in [1.165, 1.54) is 5.56 Å². The van der Waals surface area contributed by atoms with Crippen LogP contribution in [0.1, 0.15) is 36.7 Å². The maximum atomic E-state index is 11.7. The van der Waals surface area contributed by atoms with E-state index in [1.54, 1.807) is 0 Å². The minimum atomic E-state index is -0.00489. The summed E-state index contributed by atoms with van der Waals surface area (Å²) in [5.41, 5.74) is 1.95. The average molecular weight is 284 g/mol. The Balaban J connectivity index is 3.00. The third-order valence-electron chi connectivity index (χ3n) is 2.58. The van der Waals surface area contributed by atoms with Crippen molar-refractivity contribution < 1.29 is 4.79 Å². The molecule has 0 spiro atoms. The SMILES string of the molecule is CCNC(=O)c1cccc(C(C)(C)CBr)c1. The molecule has 0 radical (unpaired) electrons. The van der Waals surface area contributed by atoms with E-state index >= 15 is 0 Å². The quantitative estimate of drug-likeness (QED) is 0.846. The third-order valence-corrected chi connectivity index (χ3v) is 3.98. The van der Waals surface area contributed by atoms with Gasteiger partial charge in [0.05, 0.1) is 0 Å². The summed E-state index contributed by atoms with van der Waals surface area (Å²) < 4.78 is 0. The lowest BCUT2D eigenvalue weighted by Crippen LogP contribution is -2.24. The Kier molecular flexibility index (Phi) is 4.54. The van der Waals surface area contributed by atoms with Crippen LogP contribution in [0, 0.1) is 0 Å². The van der Waals surface area contributed by atoms with Crippen molar-refractivity contribution in [3.63, 3.8) is 0 Å². The van der Waals surface area contributed by atoms with E-state index in [2.05, 4.69) is 41.2 Å². The summed E-state index contributed by atoms with van der Waals surface area (Å²) in [6, 6.07) is 7.80. The van der Waals surface area contributed by atoms with Crippen molar-refractivity contribution in [3.8, 4) is 0 Å². The number of amides is 1. The van der Waals surface area contributed by atoms with E-state index in [9.17, 15) is 4.79 Å². The highest BCUT2D eigenvalue weighted by atomic mass is 79.9. The molecule has 3 heteroatoms. The van der Waals surface area contributed by atoms with Crippen molar-refractivity contribution in [1.29, 1.82) is 0 Å². The van der Waals surface area contributed by atoms with Gasteiger partial charge in [-0.15, -0.1) is 0 Å². The van der Waals surface area contributed by atoms with Crippen LogP contribution in [0.3, 0.4) is 0 Å². The second-order valence-corrected chi connectivity index (χ2v) is 5.02. The molecule has 0 heterocycles. The van der Waals surface area contributed by atoms with Gasteiger partial charge in [0.2, 0.25) is 0 Å². The van der Waals surface area contributed by atoms with E-state index in [0.29, 0.717) is 6.54 Å². The van der Waals surface area contributed by atoms with Gasteiger partial charge in [0.15, 0.2) is 0 Å². The highest BCUT2D eigenvalue weighted by molar-refractivity contribution is 9.09. The molecule has 0 saturated carbocycles. The monoisotopic (exact) mass is 283 g/mol. The molecule has 0 fully saturated rings. The molecule has 1 rings (SSSR count). The van der Waals surface area contributed by atoms with Crippen molar-refractivity contribution in [1.82, 2.24) is 5.32 Å². The summed E-state index contributed by atoms with van der Waals surface area (Å²) in [5, 5.41) is 3.68. The normalized spacial score (nSPS) is 11.2. The molecule has 88 valence electrons. The first-order chi connectivity index (χ1) is 7.51. The number of benzene rings is 1. The van der Waals surface area contributed by atoms with Crippen LogP contribution in [0.5, 0.6) is 0 Å². The van der Waals surface area contributed by atoms with Gasteiger partial charge in [-0.2, -0.15) is 0 Å². The lowest BCUT2D eigenvalue weighted by Gasteiger charge is -2.22. The second-order valence-electron chi connectivity index (χ2n) is 4.46. The van der Waals surface area contributed by atoms with Gasteiger partial charge in [-0.3, -0.25) is 4.79 Å². The van der Waals surface area contributed by atoms with Gasteiger partial charge in [0.1, 0.15) is 0 Å². The molecule has 1 aromatic rings. The maximum absolute atomic E-state index is 11.7. The molecule has 0 aliphatic rings. The second kappa shape index (κ2) is 5.48. The van der Waals surface area contributed by atoms with E-state index in [1.807, 2.05) is 25.1 Å². The molecule has 0 bridgehead atoms. The first-order valence-corrected chi connectivity index (χ1v) is 6.58.